The lowest BCUT2D eigenvalue weighted by Crippen LogP contribution is -2.44. The highest BCUT2D eigenvalue weighted by molar-refractivity contribution is 7.91. The zero-order chi connectivity index (χ0) is 16.2. The van der Waals surface area contributed by atoms with E-state index in [0.717, 1.165) is 31.0 Å². The van der Waals surface area contributed by atoms with E-state index < -0.39 is 9.84 Å². The summed E-state index contributed by atoms with van der Waals surface area (Å²) in [7, 11) is -0.840. The van der Waals surface area contributed by atoms with Crippen LogP contribution in [0.5, 0.6) is 0 Å². The highest BCUT2D eigenvalue weighted by Crippen LogP contribution is 2.23. The first-order valence-electron chi connectivity index (χ1n) is 7.82. The molecule has 1 heterocycles. The molecular formula is C16H25ClN2O2S. The van der Waals surface area contributed by atoms with Crippen molar-refractivity contribution in [3.05, 3.63) is 29.3 Å². The Kier molecular flexibility index (Phi) is 6.12. The number of halogens is 1. The van der Waals surface area contributed by atoms with Crippen molar-refractivity contribution in [3.63, 3.8) is 0 Å². The molecule has 0 radical (unpaired) electrons. The second kappa shape index (κ2) is 7.66. The van der Waals surface area contributed by atoms with E-state index in [1.807, 2.05) is 19.2 Å². The number of nitrogens with zero attached hydrogens (tertiary/aromatic N) is 2. The fourth-order valence-electron chi connectivity index (χ4n) is 2.83. The van der Waals surface area contributed by atoms with Crippen LogP contribution in [0.25, 0.3) is 0 Å². The summed E-state index contributed by atoms with van der Waals surface area (Å²) in [6, 6.07) is 8.42. The van der Waals surface area contributed by atoms with Gasteiger partial charge in [0.2, 0.25) is 0 Å². The summed E-state index contributed by atoms with van der Waals surface area (Å²) in [5.41, 5.74) is 1.21. The van der Waals surface area contributed by atoms with Gasteiger partial charge in [0.1, 0.15) is 0 Å². The van der Waals surface area contributed by atoms with Crippen LogP contribution in [0.3, 0.4) is 0 Å². The zero-order valence-electron chi connectivity index (χ0n) is 13.3. The van der Waals surface area contributed by atoms with Crippen LogP contribution in [0.4, 0.5) is 5.69 Å². The van der Waals surface area contributed by atoms with E-state index in [-0.39, 0.29) is 11.5 Å². The number of benzene rings is 1. The van der Waals surface area contributed by atoms with Gasteiger partial charge in [-0.3, -0.25) is 0 Å². The van der Waals surface area contributed by atoms with Crippen molar-refractivity contribution in [2.24, 2.45) is 0 Å². The molecule has 1 aliphatic heterocycles. The molecule has 0 aliphatic carbocycles. The lowest BCUT2D eigenvalue weighted by atomic mass is 10.0. The van der Waals surface area contributed by atoms with Crippen LogP contribution in [0, 0.1) is 0 Å². The molecule has 0 unspecified atom stereocenters. The molecule has 0 amide bonds. The Morgan fingerprint density at radius 3 is 2.36 bits per heavy atom. The molecule has 6 heteroatoms. The standard InChI is InChI=1S/C16H25ClN2O2S/c1-3-22(20,21)13-12-18(2)15-8-10-19(11-9-15)16-6-4-14(17)5-7-16/h4-7,15H,3,8-13H2,1-2H3. The first-order valence-corrected chi connectivity index (χ1v) is 10.0. The second-order valence-electron chi connectivity index (χ2n) is 5.91. The summed E-state index contributed by atoms with van der Waals surface area (Å²) in [5.74, 6) is 0.493. The van der Waals surface area contributed by atoms with Crippen LogP contribution >= 0.6 is 11.6 Å². The maximum atomic E-state index is 11.6. The molecule has 0 bridgehead atoms. The normalized spacial score (nSPS) is 17.2. The maximum absolute atomic E-state index is 11.6. The molecule has 1 fully saturated rings. The van der Waals surface area contributed by atoms with E-state index in [1.54, 1.807) is 6.92 Å². The van der Waals surface area contributed by atoms with Crippen molar-refractivity contribution in [1.82, 2.24) is 4.90 Å². The summed E-state index contributed by atoms with van der Waals surface area (Å²) in [5, 5.41) is 0.760. The van der Waals surface area contributed by atoms with Gasteiger partial charge in [0.05, 0.1) is 5.75 Å². The molecule has 1 aliphatic rings. The predicted molar refractivity (Wildman–Crippen MR) is 93.6 cm³/mol. The maximum Gasteiger partial charge on any atom is 0.151 e. The number of rotatable bonds is 6. The monoisotopic (exact) mass is 344 g/mol. The molecule has 0 saturated carbocycles. The number of anilines is 1. The van der Waals surface area contributed by atoms with Gasteiger partial charge in [-0.05, 0) is 44.2 Å². The molecule has 4 nitrogen and oxygen atoms in total. The van der Waals surface area contributed by atoms with Crippen molar-refractivity contribution in [2.75, 3.05) is 43.1 Å². The Hall–Kier alpha value is -0.780. The van der Waals surface area contributed by atoms with E-state index in [0.29, 0.717) is 12.6 Å². The average Bonchev–Trinajstić information content (AvgIpc) is 2.54. The Morgan fingerprint density at radius 1 is 1.23 bits per heavy atom. The lowest BCUT2D eigenvalue weighted by molar-refractivity contribution is 0.218. The van der Waals surface area contributed by atoms with Gasteiger partial charge in [0.15, 0.2) is 9.84 Å². The van der Waals surface area contributed by atoms with Crippen LogP contribution < -0.4 is 4.90 Å². The third kappa shape index (κ3) is 4.86. The summed E-state index contributed by atoms with van der Waals surface area (Å²) < 4.78 is 23.2. The minimum Gasteiger partial charge on any atom is -0.371 e. The van der Waals surface area contributed by atoms with Crippen molar-refractivity contribution in [1.29, 1.82) is 0 Å². The molecule has 124 valence electrons. The second-order valence-corrected chi connectivity index (χ2v) is 8.82. The van der Waals surface area contributed by atoms with Gasteiger partial charge in [-0.25, -0.2) is 8.42 Å². The van der Waals surface area contributed by atoms with Gasteiger partial charge in [0.25, 0.3) is 0 Å². The van der Waals surface area contributed by atoms with E-state index in [4.69, 9.17) is 11.6 Å². The topological polar surface area (TPSA) is 40.6 Å². The van der Waals surface area contributed by atoms with Gasteiger partial charge < -0.3 is 9.80 Å². The van der Waals surface area contributed by atoms with Crippen LogP contribution in [0.15, 0.2) is 24.3 Å². The van der Waals surface area contributed by atoms with Gasteiger partial charge in [-0.1, -0.05) is 18.5 Å². The molecule has 0 N–H and O–H groups in total. The Morgan fingerprint density at radius 2 is 1.82 bits per heavy atom. The lowest BCUT2D eigenvalue weighted by Gasteiger charge is -2.37. The predicted octanol–water partition coefficient (Wildman–Crippen LogP) is 2.68. The molecule has 1 saturated heterocycles. The number of sulfone groups is 1. The van der Waals surface area contributed by atoms with Gasteiger partial charge in [-0.15, -0.1) is 0 Å². The van der Waals surface area contributed by atoms with Gasteiger partial charge in [0, 0.05) is 42.1 Å². The van der Waals surface area contributed by atoms with Crippen LogP contribution in [-0.4, -0.2) is 57.5 Å². The molecule has 22 heavy (non-hydrogen) atoms. The van der Waals surface area contributed by atoms with Crippen LogP contribution in [0.2, 0.25) is 5.02 Å². The fraction of sp³-hybridized carbons (Fsp3) is 0.625. The summed E-state index contributed by atoms with van der Waals surface area (Å²) in [6.45, 7) is 4.33. The highest BCUT2D eigenvalue weighted by Gasteiger charge is 2.23. The van der Waals surface area contributed by atoms with Crippen molar-refractivity contribution >= 4 is 27.1 Å². The van der Waals surface area contributed by atoms with Crippen molar-refractivity contribution in [3.8, 4) is 0 Å². The van der Waals surface area contributed by atoms with E-state index in [1.165, 1.54) is 5.69 Å². The van der Waals surface area contributed by atoms with E-state index >= 15 is 0 Å². The Bertz CT molecular complexity index is 566. The SMILES string of the molecule is CCS(=O)(=O)CCN(C)C1CCN(c2ccc(Cl)cc2)CC1. The fourth-order valence-corrected chi connectivity index (χ4v) is 3.81. The highest BCUT2D eigenvalue weighted by atomic mass is 35.5. The van der Waals surface area contributed by atoms with Crippen LogP contribution in [0.1, 0.15) is 19.8 Å². The zero-order valence-corrected chi connectivity index (χ0v) is 14.9. The molecule has 0 atom stereocenters. The quantitative estimate of drug-likeness (QED) is 0.795. The first-order chi connectivity index (χ1) is 10.4. The van der Waals surface area contributed by atoms with E-state index in [9.17, 15) is 8.42 Å². The molecule has 1 aromatic carbocycles. The minimum absolute atomic E-state index is 0.232. The smallest absolute Gasteiger partial charge is 0.151 e. The molecule has 0 aromatic heterocycles. The average molecular weight is 345 g/mol. The molecular weight excluding hydrogens is 320 g/mol. The Labute approximate surface area is 139 Å². The first kappa shape index (κ1) is 17.6. The third-order valence-corrected chi connectivity index (χ3v) is 6.41. The van der Waals surface area contributed by atoms with Crippen molar-refractivity contribution in [2.45, 2.75) is 25.8 Å². The summed E-state index contributed by atoms with van der Waals surface area (Å²) in [6.07, 6.45) is 2.12. The molecule has 2 rings (SSSR count). The van der Waals surface area contributed by atoms with Crippen LogP contribution in [-0.2, 0) is 9.84 Å². The summed E-state index contributed by atoms with van der Waals surface area (Å²) >= 11 is 5.92. The van der Waals surface area contributed by atoms with Gasteiger partial charge in [-0.2, -0.15) is 0 Å². The van der Waals surface area contributed by atoms with Gasteiger partial charge >= 0.3 is 0 Å². The van der Waals surface area contributed by atoms with Crippen molar-refractivity contribution < 1.29 is 8.42 Å². The number of piperidine rings is 1. The largest absolute Gasteiger partial charge is 0.371 e. The summed E-state index contributed by atoms with van der Waals surface area (Å²) in [4.78, 5) is 4.57. The number of hydrogen-bond acceptors (Lipinski definition) is 4. The van der Waals surface area contributed by atoms with E-state index in [2.05, 4.69) is 21.9 Å². The molecule has 1 aromatic rings. The number of hydrogen-bond donors (Lipinski definition) is 0. The minimum atomic E-state index is -2.88. The molecule has 0 spiro atoms. The Balaban J connectivity index is 1.82. The third-order valence-electron chi connectivity index (χ3n) is 4.47.